The minimum Gasteiger partial charge on any atom is -0.346 e. The number of carbonyl (C=O) groups is 2. The third-order valence-electron chi connectivity index (χ3n) is 3.71. The van der Waals surface area contributed by atoms with Gasteiger partial charge in [0.2, 0.25) is 11.8 Å². The Kier molecular flexibility index (Phi) is 7.35. The van der Waals surface area contributed by atoms with Gasteiger partial charge in [0.15, 0.2) is 0 Å². The van der Waals surface area contributed by atoms with Gasteiger partial charge in [-0.1, -0.05) is 31.2 Å². The Labute approximate surface area is 137 Å². The molecule has 0 aliphatic heterocycles. The van der Waals surface area contributed by atoms with E-state index in [1.54, 1.807) is 0 Å². The zero-order valence-corrected chi connectivity index (χ0v) is 13.7. The molecule has 0 atom stereocenters. The molecule has 3 N–H and O–H groups in total. The van der Waals surface area contributed by atoms with Crippen molar-refractivity contribution >= 4 is 24.2 Å². The van der Waals surface area contributed by atoms with Gasteiger partial charge in [-0.05, 0) is 30.4 Å². The number of rotatable bonds is 7. The van der Waals surface area contributed by atoms with Crippen molar-refractivity contribution in [2.24, 2.45) is 5.73 Å². The zero-order chi connectivity index (χ0) is 15.2. The van der Waals surface area contributed by atoms with E-state index in [4.69, 9.17) is 5.73 Å². The van der Waals surface area contributed by atoms with Crippen LogP contribution in [0.1, 0.15) is 30.9 Å². The molecule has 1 aliphatic rings. The number of carbonyl (C=O) groups excluding carboxylic acids is 2. The highest BCUT2D eigenvalue weighted by Gasteiger charge is 2.32. The zero-order valence-electron chi connectivity index (χ0n) is 12.9. The maximum absolute atomic E-state index is 12.2. The summed E-state index contributed by atoms with van der Waals surface area (Å²) in [5.41, 5.74) is 7.63. The molecule has 1 aromatic rings. The van der Waals surface area contributed by atoms with Crippen LogP contribution in [-0.2, 0) is 22.6 Å². The molecule has 2 amide bonds. The van der Waals surface area contributed by atoms with Gasteiger partial charge >= 0.3 is 0 Å². The summed E-state index contributed by atoms with van der Waals surface area (Å²) in [5, 5.41) is 2.54. The summed E-state index contributed by atoms with van der Waals surface area (Å²) in [5.74, 6) is -0.342. The van der Waals surface area contributed by atoms with E-state index in [9.17, 15) is 9.59 Å². The fraction of sp³-hybridized carbons (Fsp3) is 0.500. The maximum atomic E-state index is 12.2. The average Bonchev–Trinajstić information content (AvgIpc) is 3.35. The number of halogens is 1. The number of nitrogens with zero attached hydrogens (tertiary/aromatic N) is 1. The highest BCUT2D eigenvalue weighted by molar-refractivity contribution is 5.86. The van der Waals surface area contributed by atoms with E-state index in [-0.39, 0.29) is 37.3 Å². The Morgan fingerprint density at radius 3 is 2.32 bits per heavy atom. The Bertz CT molecular complexity index is 501. The number of amides is 2. The van der Waals surface area contributed by atoms with Crippen LogP contribution in [0.15, 0.2) is 24.3 Å². The molecule has 0 saturated heterocycles. The summed E-state index contributed by atoms with van der Waals surface area (Å²) in [4.78, 5) is 25.2. The van der Waals surface area contributed by atoms with Crippen LogP contribution < -0.4 is 11.1 Å². The third kappa shape index (κ3) is 5.31. The smallest absolute Gasteiger partial charge is 0.242 e. The normalized spacial score (nSPS) is 13.2. The van der Waals surface area contributed by atoms with Crippen molar-refractivity contribution in [3.05, 3.63) is 35.4 Å². The first-order valence-corrected chi connectivity index (χ1v) is 7.48. The maximum Gasteiger partial charge on any atom is 0.242 e. The van der Waals surface area contributed by atoms with Crippen LogP contribution in [0, 0.1) is 0 Å². The molecule has 5 nitrogen and oxygen atoms in total. The predicted molar refractivity (Wildman–Crippen MR) is 88.7 cm³/mol. The number of nitrogens with one attached hydrogen (secondary N) is 1. The van der Waals surface area contributed by atoms with E-state index in [2.05, 4.69) is 36.5 Å². The molecule has 0 radical (unpaired) electrons. The quantitative estimate of drug-likeness (QED) is 0.792. The standard InChI is InChI=1S/C16H23N3O2.ClH/c1-2-12-3-5-13(6-4-12)11-19(14-7-8-14)16(21)10-18-15(20)9-17;/h3-6,14H,2,7-11,17H2,1H3,(H,18,20);1H. The summed E-state index contributed by atoms with van der Waals surface area (Å²) >= 11 is 0. The number of nitrogens with two attached hydrogens (primary N) is 1. The number of aryl methyl sites for hydroxylation is 1. The Hall–Kier alpha value is -1.59. The van der Waals surface area contributed by atoms with Gasteiger partial charge in [-0.2, -0.15) is 0 Å². The molecule has 0 aromatic heterocycles. The van der Waals surface area contributed by atoms with Crippen molar-refractivity contribution in [1.29, 1.82) is 0 Å². The van der Waals surface area contributed by atoms with Crippen molar-refractivity contribution in [2.45, 2.75) is 38.8 Å². The van der Waals surface area contributed by atoms with Crippen molar-refractivity contribution < 1.29 is 9.59 Å². The van der Waals surface area contributed by atoms with Gasteiger partial charge in [0.25, 0.3) is 0 Å². The molecule has 1 saturated carbocycles. The molecule has 0 spiro atoms. The monoisotopic (exact) mass is 325 g/mol. The van der Waals surface area contributed by atoms with Gasteiger partial charge in [0.05, 0.1) is 13.1 Å². The molecule has 1 aromatic carbocycles. The van der Waals surface area contributed by atoms with E-state index >= 15 is 0 Å². The van der Waals surface area contributed by atoms with Crippen molar-refractivity contribution in [3.63, 3.8) is 0 Å². The van der Waals surface area contributed by atoms with Crippen LogP contribution >= 0.6 is 12.4 Å². The summed E-state index contributed by atoms with van der Waals surface area (Å²) in [6.45, 7) is 2.66. The topological polar surface area (TPSA) is 75.4 Å². The molecule has 6 heteroatoms. The number of hydrogen-bond donors (Lipinski definition) is 2. The largest absolute Gasteiger partial charge is 0.346 e. The van der Waals surface area contributed by atoms with Crippen LogP contribution in [0.2, 0.25) is 0 Å². The van der Waals surface area contributed by atoms with Crippen LogP contribution in [0.3, 0.4) is 0 Å². The summed E-state index contributed by atoms with van der Waals surface area (Å²) in [6, 6.07) is 8.65. The van der Waals surface area contributed by atoms with Gasteiger partial charge < -0.3 is 16.0 Å². The van der Waals surface area contributed by atoms with E-state index in [1.807, 2.05) is 4.90 Å². The van der Waals surface area contributed by atoms with Gasteiger partial charge in [-0.3, -0.25) is 9.59 Å². The first kappa shape index (κ1) is 18.5. The van der Waals surface area contributed by atoms with Gasteiger partial charge in [-0.25, -0.2) is 0 Å². The van der Waals surface area contributed by atoms with Gasteiger partial charge in [-0.15, -0.1) is 12.4 Å². The summed E-state index contributed by atoms with van der Waals surface area (Å²) in [6.07, 6.45) is 3.10. The second-order valence-corrected chi connectivity index (χ2v) is 5.40. The molecule has 1 fully saturated rings. The number of hydrogen-bond acceptors (Lipinski definition) is 3. The van der Waals surface area contributed by atoms with Crippen molar-refractivity contribution in [3.8, 4) is 0 Å². The highest BCUT2D eigenvalue weighted by atomic mass is 35.5. The second-order valence-electron chi connectivity index (χ2n) is 5.40. The predicted octanol–water partition coefficient (Wildman–Crippen LogP) is 1.24. The van der Waals surface area contributed by atoms with E-state index in [1.165, 1.54) is 5.56 Å². The Morgan fingerprint density at radius 1 is 1.23 bits per heavy atom. The van der Waals surface area contributed by atoms with Gasteiger partial charge in [0, 0.05) is 12.6 Å². The van der Waals surface area contributed by atoms with E-state index < -0.39 is 0 Å². The molecule has 0 heterocycles. The van der Waals surface area contributed by atoms with Crippen LogP contribution in [-0.4, -0.2) is 35.8 Å². The Morgan fingerprint density at radius 2 is 1.82 bits per heavy atom. The molecule has 22 heavy (non-hydrogen) atoms. The molecule has 1 aliphatic carbocycles. The molecular weight excluding hydrogens is 302 g/mol. The first-order valence-electron chi connectivity index (χ1n) is 7.48. The van der Waals surface area contributed by atoms with E-state index in [0.717, 1.165) is 24.8 Å². The van der Waals surface area contributed by atoms with Gasteiger partial charge in [0.1, 0.15) is 0 Å². The minimum absolute atomic E-state index is 0. The van der Waals surface area contributed by atoms with Crippen molar-refractivity contribution in [2.75, 3.05) is 13.1 Å². The molecular formula is C16H24ClN3O2. The summed E-state index contributed by atoms with van der Waals surface area (Å²) in [7, 11) is 0. The molecule has 122 valence electrons. The molecule has 2 rings (SSSR count). The van der Waals surface area contributed by atoms with Crippen molar-refractivity contribution in [1.82, 2.24) is 10.2 Å². The van der Waals surface area contributed by atoms with Crippen LogP contribution in [0.25, 0.3) is 0 Å². The summed E-state index contributed by atoms with van der Waals surface area (Å²) < 4.78 is 0. The fourth-order valence-corrected chi connectivity index (χ4v) is 2.23. The lowest BCUT2D eigenvalue weighted by molar-refractivity contribution is -0.133. The van der Waals surface area contributed by atoms with Crippen LogP contribution in [0.4, 0.5) is 0 Å². The third-order valence-corrected chi connectivity index (χ3v) is 3.71. The second kappa shape index (κ2) is 8.76. The number of benzene rings is 1. The van der Waals surface area contributed by atoms with Crippen LogP contribution in [0.5, 0.6) is 0 Å². The minimum atomic E-state index is -0.300. The lowest BCUT2D eigenvalue weighted by Gasteiger charge is -2.23. The first-order chi connectivity index (χ1) is 10.1. The van der Waals surface area contributed by atoms with E-state index in [0.29, 0.717) is 12.6 Å². The lowest BCUT2D eigenvalue weighted by atomic mass is 10.1. The SMILES string of the molecule is CCc1ccc(CN(C(=O)CNC(=O)CN)C2CC2)cc1.Cl. The fourth-order valence-electron chi connectivity index (χ4n) is 2.23. The highest BCUT2D eigenvalue weighted by Crippen LogP contribution is 2.28. The lowest BCUT2D eigenvalue weighted by Crippen LogP contribution is -2.42. The Balaban J connectivity index is 0.00000242. The molecule has 0 unspecified atom stereocenters. The molecule has 0 bridgehead atoms. The average molecular weight is 326 g/mol.